The number of fused-ring (bicyclic) bond motifs is 1. The Hall–Kier alpha value is -1.88. The van der Waals surface area contributed by atoms with Crippen molar-refractivity contribution >= 4 is 10.8 Å². The van der Waals surface area contributed by atoms with Crippen LogP contribution < -0.4 is 0 Å². The van der Waals surface area contributed by atoms with Crippen LogP contribution in [0, 0.1) is 10.8 Å². The Labute approximate surface area is 70.9 Å². The smallest absolute Gasteiger partial charge is 0 e. The fraction of sp³-hybridized carbons (Fsp3) is 0. The summed E-state index contributed by atoms with van der Waals surface area (Å²) in [6.45, 7) is 0. The molecule has 0 atom stereocenters. The lowest BCUT2D eigenvalue weighted by Crippen LogP contribution is -1.67. The largest absolute Gasteiger partial charge is 0.0616 e. The van der Waals surface area contributed by atoms with Crippen LogP contribution in [-0.2, 0) is 0 Å². The zero-order valence-electron chi connectivity index (χ0n) is 6.51. The second-order valence-electron chi connectivity index (χ2n) is 2.35. The van der Waals surface area contributed by atoms with E-state index in [0.717, 1.165) is 0 Å². The maximum Gasteiger partial charge on any atom is 0 e. The molecule has 0 aliphatic rings. The van der Waals surface area contributed by atoms with Crippen LogP contribution in [0.25, 0.3) is 10.8 Å². The van der Waals surface area contributed by atoms with Gasteiger partial charge in [0.05, 0.1) is 0 Å². The van der Waals surface area contributed by atoms with Crippen molar-refractivity contribution in [3.05, 3.63) is 48.5 Å². The zero-order valence-corrected chi connectivity index (χ0v) is 6.51. The molecule has 2 rings (SSSR count). The SMILES string of the molecule is N#N.c1ccc2ccccc2c1. The minimum atomic E-state index is 1.31. The fourth-order valence-electron chi connectivity index (χ4n) is 1.13. The fourth-order valence-corrected chi connectivity index (χ4v) is 1.13. The molecule has 0 bridgehead atoms. The third-order valence-electron chi connectivity index (χ3n) is 1.66. The molecule has 0 aliphatic carbocycles. The Bertz CT molecular complexity index is 314. The standard InChI is InChI=1S/C10H8.N2/c1-2-6-10-8-4-3-7-9(10)5-1;1-2/h1-8H;. The molecule has 0 spiro atoms. The predicted molar refractivity (Wildman–Crippen MR) is 47.4 cm³/mol. The van der Waals surface area contributed by atoms with E-state index in [-0.39, 0.29) is 0 Å². The highest BCUT2D eigenvalue weighted by molar-refractivity contribution is 5.81. The summed E-state index contributed by atoms with van der Waals surface area (Å²) >= 11 is 0. The third-order valence-corrected chi connectivity index (χ3v) is 1.66. The lowest BCUT2D eigenvalue weighted by molar-refractivity contribution is 1.15. The van der Waals surface area contributed by atoms with E-state index in [2.05, 4.69) is 48.5 Å². The number of hydrogen-bond acceptors (Lipinski definition) is 2. The first-order valence-electron chi connectivity index (χ1n) is 3.60. The normalized spacial score (nSPS) is 8.50. The summed E-state index contributed by atoms with van der Waals surface area (Å²) < 4.78 is 0. The quantitative estimate of drug-likeness (QED) is 0.550. The van der Waals surface area contributed by atoms with Gasteiger partial charge in [0.25, 0.3) is 0 Å². The molecule has 0 fully saturated rings. The maximum absolute atomic E-state index is 6.00. The molecule has 2 aromatic carbocycles. The Morgan fingerprint density at radius 1 is 0.583 bits per heavy atom. The highest BCUT2D eigenvalue weighted by Gasteiger charge is 1.85. The van der Waals surface area contributed by atoms with Crippen LogP contribution in [0.15, 0.2) is 48.5 Å². The summed E-state index contributed by atoms with van der Waals surface area (Å²) in [4.78, 5) is 0. The number of hydrogen-bond donors (Lipinski definition) is 0. The van der Waals surface area contributed by atoms with Crippen molar-refractivity contribution < 1.29 is 0 Å². The number of benzene rings is 2. The van der Waals surface area contributed by atoms with Crippen molar-refractivity contribution in [3.8, 4) is 0 Å². The van der Waals surface area contributed by atoms with Crippen molar-refractivity contribution in [3.63, 3.8) is 0 Å². The summed E-state index contributed by atoms with van der Waals surface area (Å²) in [7, 11) is 0. The molecule has 0 heterocycles. The van der Waals surface area contributed by atoms with E-state index in [1.54, 1.807) is 0 Å². The molecular formula is C10H8N2. The Kier molecular flexibility index (Phi) is 2.80. The van der Waals surface area contributed by atoms with Crippen LogP contribution in [0.5, 0.6) is 0 Å². The average Bonchev–Trinajstić information content (AvgIpc) is 2.21. The molecule has 2 nitrogen and oxygen atoms in total. The first kappa shape index (κ1) is 8.22. The van der Waals surface area contributed by atoms with Gasteiger partial charge in [0.1, 0.15) is 0 Å². The van der Waals surface area contributed by atoms with Crippen molar-refractivity contribution in [2.75, 3.05) is 0 Å². The van der Waals surface area contributed by atoms with E-state index in [0.29, 0.717) is 0 Å². The number of nitrogens with zero attached hydrogens (tertiary/aromatic N) is 2. The Balaban J connectivity index is 0.000000336. The summed E-state index contributed by atoms with van der Waals surface area (Å²) in [6, 6.07) is 16.7. The van der Waals surface area contributed by atoms with Gasteiger partial charge in [0, 0.05) is 10.8 Å². The van der Waals surface area contributed by atoms with Crippen molar-refractivity contribution in [1.29, 1.82) is 10.8 Å². The van der Waals surface area contributed by atoms with E-state index in [1.165, 1.54) is 10.8 Å². The molecule has 2 aromatic rings. The highest BCUT2D eigenvalue weighted by atomic mass is 14.6. The van der Waals surface area contributed by atoms with Crippen LogP contribution in [0.4, 0.5) is 0 Å². The first-order chi connectivity index (χ1) is 5.97. The Morgan fingerprint density at radius 2 is 0.833 bits per heavy atom. The Morgan fingerprint density at radius 3 is 1.08 bits per heavy atom. The molecule has 0 saturated heterocycles. The van der Waals surface area contributed by atoms with Gasteiger partial charge in [-0.3, -0.25) is 0 Å². The predicted octanol–water partition coefficient (Wildman–Crippen LogP) is 2.87. The van der Waals surface area contributed by atoms with E-state index in [4.69, 9.17) is 10.8 Å². The molecule has 0 aliphatic heterocycles. The van der Waals surface area contributed by atoms with Crippen molar-refractivity contribution in [2.24, 2.45) is 0 Å². The minimum absolute atomic E-state index is 1.31. The van der Waals surface area contributed by atoms with Gasteiger partial charge >= 0.3 is 0 Å². The molecule has 58 valence electrons. The molecule has 0 radical (unpaired) electrons. The van der Waals surface area contributed by atoms with Crippen molar-refractivity contribution in [1.82, 2.24) is 0 Å². The summed E-state index contributed by atoms with van der Waals surface area (Å²) in [6.07, 6.45) is 0. The van der Waals surface area contributed by atoms with Crippen LogP contribution in [0.3, 0.4) is 0 Å². The van der Waals surface area contributed by atoms with Crippen molar-refractivity contribution in [2.45, 2.75) is 0 Å². The van der Waals surface area contributed by atoms with E-state index in [1.807, 2.05) is 0 Å². The molecule has 0 unspecified atom stereocenters. The third kappa shape index (κ3) is 1.58. The van der Waals surface area contributed by atoms with E-state index < -0.39 is 0 Å². The molecule has 12 heavy (non-hydrogen) atoms. The summed E-state index contributed by atoms with van der Waals surface area (Å²) in [5.74, 6) is 0. The van der Waals surface area contributed by atoms with Crippen LogP contribution in [0.2, 0.25) is 0 Å². The molecule has 0 amide bonds. The van der Waals surface area contributed by atoms with Gasteiger partial charge < -0.3 is 0 Å². The van der Waals surface area contributed by atoms with Gasteiger partial charge in [-0.25, -0.2) is 0 Å². The average molecular weight is 156 g/mol. The molecular weight excluding hydrogens is 148 g/mol. The van der Waals surface area contributed by atoms with Crippen LogP contribution >= 0.6 is 0 Å². The monoisotopic (exact) mass is 156 g/mol. The lowest BCUT2D eigenvalue weighted by atomic mass is 10.1. The second kappa shape index (κ2) is 4.09. The molecule has 0 N–H and O–H groups in total. The summed E-state index contributed by atoms with van der Waals surface area (Å²) in [5, 5.41) is 14.6. The van der Waals surface area contributed by atoms with E-state index >= 15 is 0 Å². The summed E-state index contributed by atoms with van der Waals surface area (Å²) in [5.41, 5.74) is 0. The van der Waals surface area contributed by atoms with Gasteiger partial charge in [0.2, 0.25) is 0 Å². The van der Waals surface area contributed by atoms with Gasteiger partial charge in [-0.2, -0.15) is 0 Å². The minimum Gasteiger partial charge on any atom is -0.0616 e. The lowest BCUT2D eigenvalue weighted by Gasteiger charge is -1.92. The maximum atomic E-state index is 6.00. The van der Waals surface area contributed by atoms with Crippen LogP contribution in [0.1, 0.15) is 0 Å². The first-order valence-corrected chi connectivity index (χ1v) is 3.60. The topological polar surface area (TPSA) is 47.6 Å². The van der Waals surface area contributed by atoms with Gasteiger partial charge in [-0.1, -0.05) is 48.5 Å². The number of rotatable bonds is 0. The molecule has 0 aromatic heterocycles. The van der Waals surface area contributed by atoms with Gasteiger partial charge in [-0.05, 0) is 10.8 Å². The molecule has 2 heteroatoms. The highest BCUT2D eigenvalue weighted by Crippen LogP contribution is 2.11. The van der Waals surface area contributed by atoms with Gasteiger partial charge in [-0.15, -0.1) is 0 Å². The zero-order chi connectivity index (χ0) is 8.81. The van der Waals surface area contributed by atoms with E-state index in [9.17, 15) is 0 Å². The van der Waals surface area contributed by atoms with Gasteiger partial charge in [0.15, 0.2) is 0 Å². The second-order valence-corrected chi connectivity index (χ2v) is 2.35. The van der Waals surface area contributed by atoms with Crippen LogP contribution in [-0.4, -0.2) is 0 Å². The molecule has 0 saturated carbocycles.